The number of carbonyl (C=O) groups is 1. The molecule has 0 aliphatic carbocycles. The van der Waals surface area contributed by atoms with Crippen molar-refractivity contribution >= 4 is 17.2 Å². The van der Waals surface area contributed by atoms with Crippen molar-refractivity contribution < 1.29 is 14.3 Å². The first-order valence-electron chi connectivity index (χ1n) is 8.01. The van der Waals surface area contributed by atoms with E-state index in [4.69, 9.17) is 9.47 Å². The summed E-state index contributed by atoms with van der Waals surface area (Å²) in [7, 11) is 0. The van der Waals surface area contributed by atoms with Gasteiger partial charge in [0.05, 0.1) is 5.01 Å². The molecule has 6 nitrogen and oxygen atoms in total. The summed E-state index contributed by atoms with van der Waals surface area (Å²) in [6.07, 6.45) is 0. The minimum atomic E-state index is 0.0436. The van der Waals surface area contributed by atoms with Gasteiger partial charge in [-0.05, 0) is 24.6 Å². The number of hydrogen-bond acceptors (Lipinski definition) is 6. The average molecular weight is 345 g/mol. The number of hydrogen-bond donors (Lipinski definition) is 0. The molecule has 1 amide bonds. The van der Waals surface area contributed by atoms with E-state index in [1.165, 1.54) is 16.9 Å². The first-order chi connectivity index (χ1) is 11.7. The predicted octanol–water partition coefficient (Wildman–Crippen LogP) is 2.14. The van der Waals surface area contributed by atoms with E-state index in [1.807, 2.05) is 29.3 Å². The van der Waals surface area contributed by atoms with Crippen molar-refractivity contribution in [1.82, 2.24) is 14.8 Å². The number of benzene rings is 1. The fourth-order valence-electron chi connectivity index (χ4n) is 3.03. The third-order valence-corrected chi connectivity index (χ3v) is 5.11. The van der Waals surface area contributed by atoms with E-state index in [0.717, 1.165) is 49.2 Å². The number of aromatic nitrogens is 1. The Hall–Kier alpha value is -2.12. The Kier molecular flexibility index (Phi) is 4.12. The van der Waals surface area contributed by atoms with E-state index in [9.17, 15) is 4.79 Å². The van der Waals surface area contributed by atoms with Crippen molar-refractivity contribution in [3.05, 3.63) is 39.8 Å². The zero-order valence-electron chi connectivity index (χ0n) is 13.5. The van der Waals surface area contributed by atoms with Crippen LogP contribution in [-0.2, 0) is 6.54 Å². The number of amides is 1. The fraction of sp³-hybridized carbons (Fsp3) is 0.412. The van der Waals surface area contributed by atoms with Crippen LogP contribution in [0.3, 0.4) is 0 Å². The van der Waals surface area contributed by atoms with Gasteiger partial charge in [-0.3, -0.25) is 9.69 Å². The average Bonchev–Trinajstić information content (AvgIpc) is 3.23. The van der Waals surface area contributed by atoms with Crippen LogP contribution in [-0.4, -0.2) is 53.7 Å². The maximum absolute atomic E-state index is 12.4. The highest BCUT2D eigenvalue weighted by atomic mass is 32.1. The number of fused-ring (bicyclic) bond motifs is 1. The monoisotopic (exact) mass is 345 g/mol. The lowest BCUT2D eigenvalue weighted by molar-refractivity contribution is 0.0623. The van der Waals surface area contributed by atoms with Gasteiger partial charge in [0.15, 0.2) is 11.5 Å². The Morgan fingerprint density at radius 3 is 2.75 bits per heavy atom. The molecule has 2 aromatic rings. The molecule has 126 valence electrons. The van der Waals surface area contributed by atoms with Gasteiger partial charge in [0.2, 0.25) is 6.79 Å². The standard InChI is InChI=1S/C17H19N3O3S/c1-12-18-14(10-24-12)17(21)20-6-4-19(5-7-20)9-13-2-3-15-16(8-13)23-11-22-15/h2-3,8,10H,4-7,9,11H2,1H3. The molecule has 0 unspecified atom stereocenters. The Morgan fingerprint density at radius 2 is 2.00 bits per heavy atom. The minimum Gasteiger partial charge on any atom is -0.454 e. The van der Waals surface area contributed by atoms with Crippen LogP contribution in [0.2, 0.25) is 0 Å². The van der Waals surface area contributed by atoms with Crippen LogP contribution >= 0.6 is 11.3 Å². The van der Waals surface area contributed by atoms with Gasteiger partial charge in [0.25, 0.3) is 5.91 Å². The summed E-state index contributed by atoms with van der Waals surface area (Å²) < 4.78 is 10.8. The van der Waals surface area contributed by atoms with E-state index >= 15 is 0 Å². The SMILES string of the molecule is Cc1nc(C(=O)N2CCN(Cc3ccc4c(c3)OCO4)CC2)cs1. The van der Waals surface area contributed by atoms with E-state index in [1.54, 1.807) is 0 Å². The molecule has 0 bridgehead atoms. The topological polar surface area (TPSA) is 54.9 Å². The molecule has 0 spiro atoms. The van der Waals surface area contributed by atoms with Crippen LogP contribution in [0.1, 0.15) is 21.1 Å². The molecule has 0 radical (unpaired) electrons. The van der Waals surface area contributed by atoms with Crippen LogP contribution < -0.4 is 9.47 Å². The molecule has 0 N–H and O–H groups in total. The molecule has 1 fully saturated rings. The number of piperazine rings is 1. The van der Waals surface area contributed by atoms with E-state index in [-0.39, 0.29) is 5.91 Å². The molecule has 7 heteroatoms. The highest BCUT2D eigenvalue weighted by Gasteiger charge is 2.24. The van der Waals surface area contributed by atoms with Gasteiger partial charge in [-0.15, -0.1) is 11.3 Å². The van der Waals surface area contributed by atoms with Crippen molar-refractivity contribution in [2.45, 2.75) is 13.5 Å². The van der Waals surface area contributed by atoms with Gasteiger partial charge in [-0.2, -0.15) is 0 Å². The normalized spacial score (nSPS) is 17.3. The smallest absolute Gasteiger partial charge is 0.273 e. The van der Waals surface area contributed by atoms with Crippen molar-refractivity contribution in [2.24, 2.45) is 0 Å². The van der Waals surface area contributed by atoms with Gasteiger partial charge in [-0.25, -0.2) is 4.98 Å². The van der Waals surface area contributed by atoms with E-state index in [2.05, 4.69) is 16.0 Å². The van der Waals surface area contributed by atoms with Crippen LogP contribution in [0.15, 0.2) is 23.6 Å². The zero-order valence-corrected chi connectivity index (χ0v) is 14.3. The van der Waals surface area contributed by atoms with Gasteiger partial charge in [0.1, 0.15) is 5.69 Å². The van der Waals surface area contributed by atoms with Crippen LogP contribution in [0.4, 0.5) is 0 Å². The number of carbonyl (C=O) groups excluding carboxylic acids is 1. The second kappa shape index (κ2) is 6.41. The maximum atomic E-state index is 12.4. The van der Waals surface area contributed by atoms with Crippen LogP contribution in [0, 0.1) is 6.92 Å². The summed E-state index contributed by atoms with van der Waals surface area (Å²) in [4.78, 5) is 21.0. The van der Waals surface area contributed by atoms with Crippen molar-refractivity contribution in [3.63, 3.8) is 0 Å². The molecule has 1 aromatic carbocycles. The molecule has 4 rings (SSSR count). The molecule has 1 aromatic heterocycles. The summed E-state index contributed by atoms with van der Waals surface area (Å²) in [6, 6.07) is 6.07. The van der Waals surface area contributed by atoms with Gasteiger partial charge >= 0.3 is 0 Å². The molecule has 2 aliphatic heterocycles. The minimum absolute atomic E-state index is 0.0436. The summed E-state index contributed by atoms with van der Waals surface area (Å²) in [5.41, 5.74) is 1.77. The van der Waals surface area contributed by atoms with Gasteiger partial charge < -0.3 is 14.4 Å². The zero-order chi connectivity index (χ0) is 16.5. The number of nitrogens with zero attached hydrogens (tertiary/aromatic N) is 3. The Bertz CT molecular complexity index is 753. The van der Waals surface area contributed by atoms with Crippen molar-refractivity contribution in [1.29, 1.82) is 0 Å². The first-order valence-corrected chi connectivity index (χ1v) is 8.89. The van der Waals surface area contributed by atoms with Crippen molar-refractivity contribution in [2.75, 3.05) is 33.0 Å². The van der Waals surface area contributed by atoms with Crippen LogP contribution in [0.5, 0.6) is 11.5 Å². The lowest BCUT2D eigenvalue weighted by Crippen LogP contribution is -2.48. The third-order valence-electron chi connectivity index (χ3n) is 4.34. The third kappa shape index (κ3) is 3.09. The summed E-state index contributed by atoms with van der Waals surface area (Å²) >= 11 is 1.52. The lowest BCUT2D eigenvalue weighted by atomic mass is 10.1. The maximum Gasteiger partial charge on any atom is 0.273 e. The molecule has 0 atom stereocenters. The summed E-state index contributed by atoms with van der Waals surface area (Å²) in [5, 5.41) is 2.77. The molecule has 1 saturated heterocycles. The van der Waals surface area contributed by atoms with Crippen molar-refractivity contribution in [3.8, 4) is 11.5 Å². The predicted molar refractivity (Wildman–Crippen MR) is 90.6 cm³/mol. The number of rotatable bonds is 3. The van der Waals surface area contributed by atoms with E-state index < -0.39 is 0 Å². The highest BCUT2D eigenvalue weighted by molar-refractivity contribution is 7.09. The molecule has 24 heavy (non-hydrogen) atoms. The van der Waals surface area contributed by atoms with Gasteiger partial charge in [0, 0.05) is 38.1 Å². The Labute approximate surface area is 144 Å². The number of thiazole rings is 1. The molecular formula is C17H19N3O3S. The Balaban J connectivity index is 1.34. The highest BCUT2D eigenvalue weighted by Crippen LogP contribution is 2.32. The Morgan fingerprint density at radius 1 is 1.21 bits per heavy atom. The lowest BCUT2D eigenvalue weighted by Gasteiger charge is -2.34. The molecule has 0 saturated carbocycles. The van der Waals surface area contributed by atoms with E-state index in [0.29, 0.717) is 12.5 Å². The molecule has 2 aliphatic rings. The fourth-order valence-corrected chi connectivity index (χ4v) is 3.62. The number of aryl methyl sites for hydroxylation is 1. The van der Waals surface area contributed by atoms with Gasteiger partial charge in [-0.1, -0.05) is 6.07 Å². The van der Waals surface area contributed by atoms with Crippen LogP contribution in [0.25, 0.3) is 0 Å². The first kappa shape index (κ1) is 15.4. The quantitative estimate of drug-likeness (QED) is 0.853. The molecular weight excluding hydrogens is 326 g/mol. The molecule has 3 heterocycles. The summed E-state index contributed by atoms with van der Waals surface area (Å²) in [6.45, 7) is 6.28. The summed E-state index contributed by atoms with van der Waals surface area (Å²) in [5.74, 6) is 1.68. The largest absolute Gasteiger partial charge is 0.454 e. The second-order valence-corrected chi connectivity index (χ2v) is 7.07. The number of ether oxygens (including phenoxy) is 2. The second-order valence-electron chi connectivity index (χ2n) is 6.01.